The highest BCUT2D eigenvalue weighted by Crippen LogP contribution is 2.35. The van der Waals surface area contributed by atoms with E-state index in [4.69, 9.17) is 14.6 Å². The smallest absolute Gasteiger partial charge is 0.416 e. The number of carboxylic acids is 1. The first kappa shape index (κ1) is 20.1. The molecule has 0 aliphatic rings. The number of nitrogens with one attached hydrogen (secondary N) is 1. The Labute approximate surface area is 152 Å². The van der Waals surface area contributed by atoms with Crippen molar-refractivity contribution in [2.45, 2.75) is 12.6 Å². The van der Waals surface area contributed by atoms with Crippen molar-refractivity contribution in [3.05, 3.63) is 53.1 Å². The van der Waals surface area contributed by atoms with E-state index in [-0.39, 0.29) is 28.3 Å². The molecule has 6 nitrogen and oxygen atoms in total. The second kappa shape index (κ2) is 7.98. The van der Waals surface area contributed by atoms with Gasteiger partial charge in [0.15, 0.2) is 0 Å². The monoisotopic (exact) mass is 383 g/mol. The Hall–Kier alpha value is -3.23. The number of alkyl halides is 3. The number of ether oxygens (including phenoxy) is 2. The Kier molecular flexibility index (Phi) is 5.94. The van der Waals surface area contributed by atoms with E-state index in [1.54, 1.807) is 0 Å². The van der Waals surface area contributed by atoms with E-state index in [9.17, 15) is 22.8 Å². The summed E-state index contributed by atoms with van der Waals surface area (Å²) in [4.78, 5) is 23.2. The molecule has 2 aromatic carbocycles. The molecule has 0 spiro atoms. The molecule has 0 saturated heterocycles. The highest BCUT2D eigenvalue weighted by atomic mass is 19.4. The lowest BCUT2D eigenvalue weighted by Gasteiger charge is -2.15. The van der Waals surface area contributed by atoms with E-state index in [1.165, 1.54) is 44.6 Å². The number of anilines is 1. The predicted molar refractivity (Wildman–Crippen MR) is 90.3 cm³/mol. The topological polar surface area (TPSA) is 84.9 Å². The summed E-state index contributed by atoms with van der Waals surface area (Å²) in [6.45, 7) is 0. The van der Waals surface area contributed by atoms with Crippen molar-refractivity contribution in [1.29, 1.82) is 0 Å². The van der Waals surface area contributed by atoms with Crippen LogP contribution in [-0.2, 0) is 17.4 Å². The minimum atomic E-state index is -4.65. The van der Waals surface area contributed by atoms with Gasteiger partial charge in [-0.2, -0.15) is 13.2 Å². The fraction of sp³-hybridized carbons (Fsp3) is 0.222. The van der Waals surface area contributed by atoms with Crippen molar-refractivity contribution < 1.29 is 37.3 Å². The van der Waals surface area contributed by atoms with Crippen molar-refractivity contribution in [3.63, 3.8) is 0 Å². The van der Waals surface area contributed by atoms with Crippen LogP contribution in [0.2, 0.25) is 0 Å². The Morgan fingerprint density at radius 1 is 1.07 bits per heavy atom. The number of aromatic carboxylic acids is 1. The lowest BCUT2D eigenvalue weighted by Crippen LogP contribution is -2.18. The lowest BCUT2D eigenvalue weighted by atomic mass is 10.0. The molecule has 0 aromatic heterocycles. The van der Waals surface area contributed by atoms with Gasteiger partial charge in [0.25, 0.3) is 0 Å². The number of benzene rings is 2. The van der Waals surface area contributed by atoms with Crippen molar-refractivity contribution in [2.24, 2.45) is 0 Å². The second-order valence-electron chi connectivity index (χ2n) is 5.47. The first-order valence-corrected chi connectivity index (χ1v) is 7.61. The van der Waals surface area contributed by atoms with Gasteiger partial charge >= 0.3 is 12.1 Å². The summed E-state index contributed by atoms with van der Waals surface area (Å²) in [7, 11) is 2.52. The number of carboxylic acid groups (broad SMARTS) is 1. The van der Waals surface area contributed by atoms with Gasteiger partial charge < -0.3 is 19.9 Å². The Morgan fingerprint density at radius 2 is 1.78 bits per heavy atom. The lowest BCUT2D eigenvalue weighted by molar-refractivity contribution is -0.138. The van der Waals surface area contributed by atoms with Crippen LogP contribution in [0.4, 0.5) is 18.9 Å². The number of hydrogen-bond acceptors (Lipinski definition) is 4. The quantitative estimate of drug-likeness (QED) is 0.796. The summed E-state index contributed by atoms with van der Waals surface area (Å²) < 4.78 is 49.5. The molecule has 2 aromatic rings. The Balaban J connectivity index is 2.25. The van der Waals surface area contributed by atoms with Crippen LogP contribution >= 0.6 is 0 Å². The normalized spacial score (nSPS) is 11.0. The summed E-state index contributed by atoms with van der Waals surface area (Å²) in [6, 6.07) is 7.08. The molecule has 0 aliphatic carbocycles. The average molecular weight is 383 g/mol. The molecule has 0 unspecified atom stereocenters. The van der Waals surface area contributed by atoms with E-state index in [2.05, 4.69) is 5.32 Å². The second-order valence-corrected chi connectivity index (χ2v) is 5.47. The first-order valence-electron chi connectivity index (χ1n) is 7.61. The van der Waals surface area contributed by atoms with Gasteiger partial charge in [-0.05, 0) is 35.9 Å². The van der Waals surface area contributed by atoms with Gasteiger partial charge in [-0.3, -0.25) is 4.79 Å². The zero-order chi connectivity index (χ0) is 20.2. The maximum atomic E-state index is 13.2. The Morgan fingerprint density at radius 3 is 2.33 bits per heavy atom. The number of carbonyl (C=O) groups excluding carboxylic acids is 1. The third-order valence-corrected chi connectivity index (χ3v) is 3.70. The van der Waals surface area contributed by atoms with Crippen LogP contribution in [0.15, 0.2) is 36.4 Å². The number of hydrogen-bond donors (Lipinski definition) is 2. The maximum Gasteiger partial charge on any atom is 0.416 e. The van der Waals surface area contributed by atoms with Crippen LogP contribution in [0.3, 0.4) is 0 Å². The molecule has 0 fully saturated rings. The molecule has 1 amide bonds. The summed E-state index contributed by atoms with van der Waals surface area (Å²) >= 11 is 0. The molecule has 144 valence electrons. The van der Waals surface area contributed by atoms with E-state index in [1.807, 2.05) is 0 Å². The zero-order valence-electron chi connectivity index (χ0n) is 14.4. The van der Waals surface area contributed by atoms with Crippen LogP contribution in [0, 0.1) is 0 Å². The maximum absolute atomic E-state index is 13.2. The number of carbonyl (C=O) groups is 2. The molecule has 9 heteroatoms. The van der Waals surface area contributed by atoms with Crippen LogP contribution in [-0.4, -0.2) is 31.2 Å². The summed E-state index contributed by atoms with van der Waals surface area (Å²) in [5.74, 6) is -1.79. The molecule has 0 saturated carbocycles. The largest absolute Gasteiger partial charge is 0.497 e. The van der Waals surface area contributed by atoms with E-state index < -0.39 is 30.0 Å². The summed E-state index contributed by atoms with van der Waals surface area (Å²) in [5, 5.41) is 11.4. The van der Waals surface area contributed by atoms with Crippen molar-refractivity contribution in [2.75, 3.05) is 19.5 Å². The van der Waals surface area contributed by atoms with E-state index >= 15 is 0 Å². The minimum absolute atomic E-state index is 0.0254. The minimum Gasteiger partial charge on any atom is -0.497 e. The Bertz CT molecular complexity index is 865. The van der Waals surface area contributed by atoms with Gasteiger partial charge in [-0.1, -0.05) is 6.07 Å². The number of amides is 1. The number of halogens is 3. The fourth-order valence-corrected chi connectivity index (χ4v) is 2.40. The van der Waals surface area contributed by atoms with Crippen LogP contribution < -0.4 is 14.8 Å². The standard InChI is InChI=1S/C18H16F3NO5/c1-26-12-5-3-10(13(9-12)18(19,20)21)8-16(23)22-14-6-4-11(17(24)25)7-15(14)27-2/h3-7,9H,8H2,1-2H3,(H,22,23)(H,24,25). The fourth-order valence-electron chi connectivity index (χ4n) is 2.40. The van der Waals surface area contributed by atoms with Gasteiger partial charge in [-0.15, -0.1) is 0 Å². The number of rotatable bonds is 6. The molecule has 2 N–H and O–H groups in total. The van der Waals surface area contributed by atoms with Gasteiger partial charge in [0.1, 0.15) is 11.5 Å². The van der Waals surface area contributed by atoms with Crippen molar-refractivity contribution in [1.82, 2.24) is 0 Å². The third kappa shape index (κ3) is 4.90. The van der Waals surface area contributed by atoms with Gasteiger partial charge in [-0.25, -0.2) is 4.79 Å². The van der Waals surface area contributed by atoms with Crippen LogP contribution in [0.5, 0.6) is 11.5 Å². The summed E-state index contributed by atoms with van der Waals surface area (Å²) in [5.41, 5.74) is -1.10. The first-order chi connectivity index (χ1) is 12.7. The molecule has 0 heterocycles. The molecule has 0 atom stereocenters. The molecule has 0 radical (unpaired) electrons. The van der Waals surface area contributed by atoms with Crippen molar-refractivity contribution >= 4 is 17.6 Å². The molecule has 27 heavy (non-hydrogen) atoms. The average Bonchev–Trinajstić information content (AvgIpc) is 2.61. The summed E-state index contributed by atoms with van der Waals surface area (Å²) in [6.07, 6.45) is -5.19. The SMILES string of the molecule is COc1ccc(CC(=O)Nc2ccc(C(=O)O)cc2OC)c(C(F)(F)F)c1. The van der Waals surface area contributed by atoms with Crippen LogP contribution in [0.1, 0.15) is 21.5 Å². The highest BCUT2D eigenvalue weighted by molar-refractivity contribution is 5.95. The predicted octanol–water partition coefficient (Wildman–Crippen LogP) is 3.60. The molecular weight excluding hydrogens is 367 g/mol. The van der Waals surface area contributed by atoms with Crippen LogP contribution in [0.25, 0.3) is 0 Å². The van der Waals surface area contributed by atoms with E-state index in [0.29, 0.717) is 0 Å². The molecule has 0 aliphatic heterocycles. The number of methoxy groups -OCH3 is 2. The molecular formula is C18H16F3NO5. The third-order valence-electron chi connectivity index (χ3n) is 3.70. The highest BCUT2D eigenvalue weighted by Gasteiger charge is 2.34. The molecule has 0 bridgehead atoms. The van der Waals surface area contributed by atoms with E-state index in [0.717, 1.165) is 6.07 Å². The van der Waals surface area contributed by atoms with Gasteiger partial charge in [0, 0.05) is 0 Å². The van der Waals surface area contributed by atoms with Gasteiger partial charge in [0.05, 0.1) is 37.5 Å². The van der Waals surface area contributed by atoms with Crippen molar-refractivity contribution in [3.8, 4) is 11.5 Å². The molecule has 2 rings (SSSR count). The van der Waals surface area contributed by atoms with Gasteiger partial charge in [0.2, 0.25) is 5.91 Å². The zero-order valence-corrected chi connectivity index (χ0v) is 14.4.